The highest BCUT2D eigenvalue weighted by Gasteiger charge is 2.21. The number of amides is 1. The van der Waals surface area contributed by atoms with Crippen LogP contribution in [-0.2, 0) is 17.8 Å². The number of para-hydroxylation sites is 1. The van der Waals surface area contributed by atoms with Gasteiger partial charge in [-0.05, 0) is 24.5 Å². The van der Waals surface area contributed by atoms with Gasteiger partial charge in [-0.3, -0.25) is 4.79 Å². The van der Waals surface area contributed by atoms with Crippen LogP contribution in [0, 0.1) is 0 Å². The molecule has 0 spiro atoms. The molecule has 0 bridgehead atoms. The van der Waals surface area contributed by atoms with E-state index in [1.165, 1.54) is 5.56 Å². The van der Waals surface area contributed by atoms with Crippen molar-refractivity contribution in [1.29, 1.82) is 0 Å². The molecule has 1 aromatic carbocycles. The number of hydrogen-bond acceptors (Lipinski definition) is 4. The van der Waals surface area contributed by atoms with Gasteiger partial charge < -0.3 is 10.2 Å². The normalized spacial score (nSPS) is 14.1. The zero-order valence-corrected chi connectivity index (χ0v) is 12.0. The zero-order valence-electron chi connectivity index (χ0n) is 11.2. The topological polar surface area (TPSA) is 45.2 Å². The van der Waals surface area contributed by atoms with Crippen LogP contribution < -0.4 is 10.2 Å². The molecule has 0 saturated carbocycles. The van der Waals surface area contributed by atoms with Gasteiger partial charge in [0, 0.05) is 24.2 Å². The number of rotatable bonds is 4. The summed E-state index contributed by atoms with van der Waals surface area (Å²) in [5.74, 6) is 0.132. The maximum atomic E-state index is 12.3. The van der Waals surface area contributed by atoms with Crippen LogP contribution in [0.5, 0.6) is 0 Å². The number of nitrogens with one attached hydrogen (secondary N) is 1. The van der Waals surface area contributed by atoms with Crippen molar-refractivity contribution < 1.29 is 4.79 Å². The summed E-state index contributed by atoms with van der Waals surface area (Å²) in [6, 6.07) is 8.17. The van der Waals surface area contributed by atoms with Crippen molar-refractivity contribution in [2.45, 2.75) is 19.4 Å². The molecule has 1 amide bonds. The summed E-state index contributed by atoms with van der Waals surface area (Å²) >= 11 is 1.57. The summed E-state index contributed by atoms with van der Waals surface area (Å²) in [5.41, 5.74) is 5.13. The van der Waals surface area contributed by atoms with Crippen LogP contribution in [0.4, 0.5) is 5.69 Å². The SMILES string of the molecule is O=C(CNCc1cscn1)N1CCCc2ccccc21. The second kappa shape index (κ2) is 6.15. The first-order chi connectivity index (χ1) is 9.84. The van der Waals surface area contributed by atoms with Gasteiger partial charge in [-0.25, -0.2) is 4.98 Å². The number of carbonyl (C=O) groups is 1. The Labute approximate surface area is 122 Å². The summed E-state index contributed by atoms with van der Waals surface area (Å²) < 4.78 is 0. The number of thiazole rings is 1. The molecule has 2 aromatic rings. The van der Waals surface area contributed by atoms with Crippen molar-refractivity contribution in [1.82, 2.24) is 10.3 Å². The van der Waals surface area contributed by atoms with Gasteiger partial charge in [-0.15, -0.1) is 11.3 Å². The van der Waals surface area contributed by atoms with Gasteiger partial charge in [0.25, 0.3) is 0 Å². The number of nitrogens with zero attached hydrogens (tertiary/aromatic N) is 2. The van der Waals surface area contributed by atoms with Crippen molar-refractivity contribution in [3.05, 3.63) is 46.4 Å². The van der Waals surface area contributed by atoms with E-state index in [1.807, 2.05) is 28.5 Å². The van der Waals surface area contributed by atoms with E-state index >= 15 is 0 Å². The highest BCUT2D eigenvalue weighted by Crippen LogP contribution is 2.26. The van der Waals surface area contributed by atoms with Gasteiger partial charge in [0.05, 0.1) is 17.7 Å². The Hall–Kier alpha value is -1.72. The Morgan fingerprint density at radius 3 is 3.15 bits per heavy atom. The van der Waals surface area contributed by atoms with Crippen LogP contribution in [0.3, 0.4) is 0 Å². The fraction of sp³-hybridized carbons (Fsp3) is 0.333. The highest BCUT2D eigenvalue weighted by atomic mass is 32.1. The molecule has 0 aliphatic carbocycles. The quantitative estimate of drug-likeness (QED) is 0.938. The Balaban J connectivity index is 1.60. The van der Waals surface area contributed by atoms with Crippen LogP contribution in [0.1, 0.15) is 17.7 Å². The number of aromatic nitrogens is 1. The molecular formula is C15H17N3OS. The highest BCUT2D eigenvalue weighted by molar-refractivity contribution is 7.07. The number of fused-ring (bicyclic) bond motifs is 1. The molecule has 5 heteroatoms. The summed E-state index contributed by atoms with van der Waals surface area (Å²) in [5, 5.41) is 5.16. The van der Waals surface area contributed by atoms with Crippen molar-refractivity contribution in [2.75, 3.05) is 18.0 Å². The molecule has 20 heavy (non-hydrogen) atoms. The molecule has 0 saturated heterocycles. The number of anilines is 1. The Bertz CT molecular complexity index is 583. The van der Waals surface area contributed by atoms with E-state index in [2.05, 4.69) is 16.4 Å². The lowest BCUT2D eigenvalue weighted by Crippen LogP contribution is -2.41. The molecule has 1 N–H and O–H groups in total. The molecule has 1 aliphatic rings. The molecule has 4 nitrogen and oxygen atoms in total. The molecule has 0 atom stereocenters. The van der Waals surface area contributed by atoms with Crippen LogP contribution in [0.15, 0.2) is 35.2 Å². The lowest BCUT2D eigenvalue weighted by Gasteiger charge is -2.29. The minimum absolute atomic E-state index is 0.132. The molecule has 1 aromatic heterocycles. The van der Waals surface area contributed by atoms with Crippen LogP contribution in [0.25, 0.3) is 0 Å². The predicted octanol–water partition coefficient (Wildman–Crippen LogP) is 2.21. The van der Waals surface area contributed by atoms with E-state index in [9.17, 15) is 4.79 Å². The Morgan fingerprint density at radius 1 is 1.40 bits per heavy atom. The largest absolute Gasteiger partial charge is 0.311 e. The molecule has 2 heterocycles. The maximum Gasteiger partial charge on any atom is 0.240 e. The zero-order chi connectivity index (χ0) is 13.8. The summed E-state index contributed by atoms with van der Waals surface area (Å²) in [7, 11) is 0. The Kier molecular flexibility index (Phi) is 4.08. The van der Waals surface area contributed by atoms with E-state index in [1.54, 1.807) is 16.8 Å². The third-order valence-corrected chi connectivity index (χ3v) is 4.11. The van der Waals surface area contributed by atoms with E-state index < -0.39 is 0 Å². The van der Waals surface area contributed by atoms with Crippen molar-refractivity contribution in [3.8, 4) is 0 Å². The lowest BCUT2D eigenvalue weighted by atomic mass is 10.0. The summed E-state index contributed by atoms with van der Waals surface area (Å²) in [6.07, 6.45) is 2.10. The summed E-state index contributed by atoms with van der Waals surface area (Å²) in [6.45, 7) is 1.81. The molecule has 1 aliphatic heterocycles. The molecule has 0 fully saturated rings. The molecule has 0 unspecified atom stereocenters. The maximum absolute atomic E-state index is 12.3. The van der Waals surface area contributed by atoms with Crippen LogP contribution in [-0.4, -0.2) is 24.0 Å². The van der Waals surface area contributed by atoms with Gasteiger partial charge in [0.2, 0.25) is 5.91 Å². The van der Waals surface area contributed by atoms with Gasteiger partial charge in [-0.2, -0.15) is 0 Å². The van der Waals surface area contributed by atoms with E-state index in [-0.39, 0.29) is 5.91 Å². The molecular weight excluding hydrogens is 270 g/mol. The van der Waals surface area contributed by atoms with Gasteiger partial charge in [0.1, 0.15) is 0 Å². The average molecular weight is 287 g/mol. The predicted molar refractivity (Wildman–Crippen MR) is 80.9 cm³/mol. The first-order valence-corrected chi connectivity index (χ1v) is 7.75. The monoisotopic (exact) mass is 287 g/mol. The van der Waals surface area contributed by atoms with Gasteiger partial charge >= 0.3 is 0 Å². The van der Waals surface area contributed by atoms with Crippen LogP contribution in [0.2, 0.25) is 0 Å². The van der Waals surface area contributed by atoms with E-state index in [4.69, 9.17) is 0 Å². The second-order valence-electron chi connectivity index (χ2n) is 4.86. The second-order valence-corrected chi connectivity index (χ2v) is 5.58. The lowest BCUT2D eigenvalue weighted by molar-refractivity contribution is -0.117. The number of hydrogen-bond donors (Lipinski definition) is 1. The molecule has 0 radical (unpaired) electrons. The first kappa shape index (κ1) is 13.3. The minimum Gasteiger partial charge on any atom is -0.311 e. The van der Waals surface area contributed by atoms with E-state index in [0.29, 0.717) is 13.1 Å². The van der Waals surface area contributed by atoms with E-state index in [0.717, 1.165) is 30.8 Å². The third kappa shape index (κ3) is 2.89. The van der Waals surface area contributed by atoms with Crippen molar-refractivity contribution >= 4 is 22.9 Å². The minimum atomic E-state index is 0.132. The number of carbonyl (C=O) groups excluding carboxylic acids is 1. The number of benzene rings is 1. The third-order valence-electron chi connectivity index (χ3n) is 3.48. The fourth-order valence-corrected chi connectivity index (χ4v) is 3.07. The fourth-order valence-electron chi connectivity index (χ4n) is 2.51. The summed E-state index contributed by atoms with van der Waals surface area (Å²) in [4.78, 5) is 18.4. The van der Waals surface area contributed by atoms with Crippen molar-refractivity contribution in [2.24, 2.45) is 0 Å². The van der Waals surface area contributed by atoms with Gasteiger partial charge in [0.15, 0.2) is 0 Å². The van der Waals surface area contributed by atoms with Crippen molar-refractivity contribution in [3.63, 3.8) is 0 Å². The standard InChI is InChI=1S/C15H17N3OS/c19-15(9-16-8-13-10-20-11-17-13)18-7-3-5-12-4-1-2-6-14(12)18/h1-2,4,6,10-11,16H,3,5,7-9H2. The van der Waals surface area contributed by atoms with Crippen LogP contribution >= 0.6 is 11.3 Å². The van der Waals surface area contributed by atoms with Gasteiger partial charge in [-0.1, -0.05) is 18.2 Å². The number of aryl methyl sites for hydroxylation is 1. The average Bonchev–Trinajstić information content (AvgIpc) is 3.00. The first-order valence-electron chi connectivity index (χ1n) is 6.80. The Morgan fingerprint density at radius 2 is 2.30 bits per heavy atom. The molecule has 3 rings (SSSR count). The molecule has 104 valence electrons. The smallest absolute Gasteiger partial charge is 0.240 e.